The molecule has 1 amide bonds. The molecule has 1 aliphatic rings. The van der Waals surface area contributed by atoms with E-state index in [9.17, 15) is 4.79 Å². The van der Waals surface area contributed by atoms with Gasteiger partial charge in [-0.05, 0) is 43.3 Å². The number of amides is 1. The first kappa shape index (κ1) is 13.0. The summed E-state index contributed by atoms with van der Waals surface area (Å²) in [6.45, 7) is 2.50. The molecule has 0 bridgehead atoms. The number of rotatable bonds is 1. The van der Waals surface area contributed by atoms with Crippen LogP contribution in [-0.2, 0) is 0 Å². The second kappa shape index (κ2) is 5.17. The molecule has 20 heavy (non-hydrogen) atoms. The van der Waals surface area contributed by atoms with Crippen molar-refractivity contribution < 1.29 is 9.53 Å². The lowest BCUT2D eigenvalue weighted by molar-refractivity contribution is 0.0961. The smallest absolute Gasteiger partial charge is 0.258 e. The fraction of sp³-hybridized carbons (Fsp3) is 0.188. The first-order valence-electron chi connectivity index (χ1n) is 6.48. The van der Waals surface area contributed by atoms with E-state index in [1.165, 1.54) is 0 Å². The number of nitrogens with zero attached hydrogens (tertiary/aromatic N) is 1. The van der Waals surface area contributed by atoms with Gasteiger partial charge in [-0.3, -0.25) is 4.79 Å². The molecule has 4 heteroatoms. The predicted octanol–water partition coefficient (Wildman–Crippen LogP) is 3.77. The zero-order valence-corrected chi connectivity index (χ0v) is 11.8. The molecule has 0 saturated carbocycles. The highest BCUT2D eigenvalue weighted by atomic mass is 35.5. The molecule has 2 aromatic rings. The maximum atomic E-state index is 12.6. The third-order valence-corrected chi connectivity index (χ3v) is 3.51. The Kier molecular flexibility index (Phi) is 3.36. The molecular weight excluding hydrogens is 274 g/mol. The Morgan fingerprint density at radius 2 is 1.90 bits per heavy atom. The molecule has 0 spiro atoms. The SMILES string of the molecule is C[C@H]1CN(C(=O)c2ccc(Cl)cc2)c2ccccc2O1. The summed E-state index contributed by atoms with van der Waals surface area (Å²) in [7, 11) is 0. The number of anilines is 1. The number of hydrogen-bond acceptors (Lipinski definition) is 2. The van der Waals surface area contributed by atoms with Crippen molar-refractivity contribution in [3.05, 3.63) is 59.1 Å². The number of carbonyl (C=O) groups excluding carboxylic acids is 1. The van der Waals surface area contributed by atoms with Gasteiger partial charge in [-0.15, -0.1) is 0 Å². The van der Waals surface area contributed by atoms with Gasteiger partial charge >= 0.3 is 0 Å². The quantitative estimate of drug-likeness (QED) is 0.799. The minimum Gasteiger partial charge on any atom is -0.487 e. The van der Waals surface area contributed by atoms with Crippen LogP contribution in [0.3, 0.4) is 0 Å². The van der Waals surface area contributed by atoms with Crippen molar-refractivity contribution >= 4 is 23.2 Å². The van der Waals surface area contributed by atoms with E-state index in [4.69, 9.17) is 16.3 Å². The number of fused-ring (bicyclic) bond motifs is 1. The van der Waals surface area contributed by atoms with Crippen molar-refractivity contribution in [2.75, 3.05) is 11.4 Å². The van der Waals surface area contributed by atoms with E-state index in [-0.39, 0.29) is 12.0 Å². The van der Waals surface area contributed by atoms with Crippen LogP contribution in [0.25, 0.3) is 0 Å². The van der Waals surface area contributed by atoms with E-state index in [1.807, 2.05) is 31.2 Å². The Labute approximate surface area is 122 Å². The molecule has 1 atom stereocenters. The van der Waals surface area contributed by atoms with Crippen LogP contribution in [0.5, 0.6) is 5.75 Å². The van der Waals surface area contributed by atoms with Gasteiger partial charge in [0.2, 0.25) is 0 Å². The van der Waals surface area contributed by atoms with Gasteiger partial charge in [-0.25, -0.2) is 0 Å². The molecule has 0 radical (unpaired) electrons. The van der Waals surface area contributed by atoms with E-state index >= 15 is 0 Å². The molecule has 2 aromatic carbocycles. The molecular formula is C16H14ClNO2. The fourth-order valence-corrected chi connectivity index (χ4v) is 2.46. The Morgan fingerprint density at radius 3 is 2.65 bits per heavy atom. The number of benzene rings is 2. The molecule has 0 aliphatic carbocycles. The van der Waals surface area contributed by atoms with E-state index in [0.717, 1.165) is 11.4 Å². The third-order valence-electron chi connectivity index (χ3n) is 3.26. The highest BCUT2D eigenvalue weighted by Crippen LogP contribution is 2.33. The maximum Gasteiger partial charge on any atom is 0.258 e. The average Bonchev–Trinajstić information content (AvgIpc) is 2.46. The summed E-state index contributed by atoms with van der Waals surface area (Å²) in [4.78, 5) is 14.4. The van der Waals surface area contributed by atoms with Crippen LogP contribution < -0.4 is 9.64 Å². The number of carbonyl (C=O) groups is 1. The lowest BCUT2D eigenvalue weighted by Gasteiger charge is -2.33. The lowest BCUT2D eigenvalue weighted by atomic mass is 10.1. The number of hydrogen-bond donors (Lipinski definition) is 0. The van der Waals surface area contributed by atoms with Crippen molar-refractivity contribution in [1.29, 1.82) is 0 Å². The normalized spacial score (nSPS) is 17.3. The molecule has 1 aliphatic heterocycles. The molecule has 0 saturated heterocycles. The van der Waals surface area contributed by atoms with Gasteiger partial charge in [0.1, 0.15) is 11.9 Å². The van der Waals surface area contributed by atoms with Gasteiger partial charge in [0.15, 0.2) is 0 Å². The van der Waals surface area contributed by atoms with Crippen LogP contribution in [0.2, 0.25) is 5.02 Å². The summed E-state index contributed by atoms with van der Waals surface area (Å²) in [5, 5.41) is 0.622. The maximum absolute atomic E-state index is 12.6. The second-order valence-corrected chi connectivity index (χ2v) is 5.26. The fourth-order valence-electron chi connectivity index (χ4n) is 2.33. The van der Waals surface area contributed by atoms with E-state index in [2.05, 4.69) is 0 Å². The van der Waals surface area contributed by atoms with Crippen molar-refractivity contribution in [1.82, 2.24) is 0 Å². The molecule has 3 nitrogen and oxygen atoms in total. The summed E-state index contributed by atoms with van der Waals surface area (Å²) in [5.74, 6) is 0.706. The van der Waals surface area contributed by atoms with Crippen molar-refractivity contribution in [3.63, 3.8) is 0 Å². The van der Waals surface area contributed by atoms with Gasteiger partial charge in [0.25, 0.3) is 5.91 Å². The molecule has 0 aromatic heterocycles. The van der Waals surface area contributed by atoms with Crippen LogP contribution in [0.4, 0.5) is 5.69 Å². The first-order chi connectivity index (χ1) is 9.65. The Morgan fingerprint density at radius 1 is 1.20 bits per heavy atom. The number of ether oxygens (including phenoxy) is 1. The highest BCUT2D eigenvalue weighted by Gasteiger charge is 2.27. The van der Waals surface area contributed by atoms with Gasteiger partial charge < -0.3 is 9.64 Å². The van der Waals surface area contributed by atoms with Gasteiger partial charge in [-0.1, -0.05) is 23.7 Å². The Hall–Kier alpha value is -2.00. The van der Waals surface area contributed by atoms with E-state index in [0.29, 0.717) is 17.1 Å². The zero-order chi connectivity index (χ0) is 14.1. The third kappa shape index (κ3) is 2.37. The second-order valence-electron chi connectivity index (χ2n) is 4.82. The highest BCUT2D eigenvalue weighted by molar-refractivity contribution is 6.30. The van der Waals surface area contributed by atoms with Crippen molar-refractivity contribution in [2.24, 2.45) is 0 Å². The topological polar surface area (TPSA) is 29.5 Å². The zero-order valence-electron chi connectivity index (χ0n) is 11.0. The van der Waals surface area contributed by atoms with Crippen LogP contribution in [-0.4, -0.2) is 18.6 Å². The van der Waals surface area contributed by atoms with Gasteiger partial charge in [-0.2, -0.15) is 0 Å². The summed E-state index contributed by atoms with van der Waals surface area (Å²) < 4.78 is 5.75. The molecule has 0 fully saturated rings. The van der Waals surface area contributed by atoms with Crippen molar-refractivity contribution in [3.8, 4) is 5.75 Å². The monoisotopic (exact) mass is 287 g/mol. The van der Waals surface area contributed by atoms with Crippen LogP contribution in [0.1, 0.15) is 17.3 Å². The molecule has 3 rings (SSSR count). The summed E-state index contributed by atoms with van der Waals surface area (Å²) >= 11 is 5.86. The van der Waals surface area contributed by atoms with E-state index in [1.54, 1.807) is 29.2 Å². The standard InChI is InChI=1S/C16H14ClNO2/c1-11-10-18(14-4-2-3-5-15(14)20-11)16(19)12-6-8-13(17)9-7-12/h2-9,11H,10H2,1H3/t11-/m0/s1. The lowest BCUT2D eigenvalue weighted by Crippen LogP contribution is -2.42. The van der Waals surface area contributed by atoms with Crippen LogP contribution in [0, 0.1) is 0 Å². The van der Waals surface area contributed by atoms with Gasteiger partial charge in [0.05, 0.1) is 12.2 Å². The molecule has 0 N–H and O–H groups in total. The van der Waals surface area contributed by atoms with Crippen LogP contribution >= 0.6 is 11.6 Å². The molecule has 1 heterocycles. The Bertz CT molecular complexity index is 639. The summed E-state index contributed by atoms with van der Waals surface area (Å²) in [6.07, 6.45) is -0.0267. The van der Waals surface area contributed by atoms with E-state index < -0.39 is 0 Å². The number of halogens is 1. The largest absolute Gasteiger partial charge is 0.487 e. The minimum atomic E-state index is -0.0377. The average molecular weight is 288 g/mol. The summed E-state index contributed by atoms with van der Waals surface area (Å²) in [6, 6.07) is 14.5. The van der Waals surface area contributed by atoms with Crippen molar-refractivity contribution in [2.45, 2.75) is 13.0 Å². The van der Waals surface area contributed by atoms with Gasteiger partial charge in [0, 0.05) is 10.6 Å². The molecule has 0 unspecified atom stereocenters. The first-order valence-corrected chi connectivity index (χ1v) is 6.86. The van der Waals surface area contributed by atoms with Crippen LogP contribution in [0.15, 0.2) is 48.5 Å². The Balaban J connectivity index is 1.97. The summed E-state index contributed by atoms with van der Waals surface area (Å²) in [5.41, 5.74) is 1.43. The number of para-hydroxylation sites is 2. The predicted molar refractivity (Wildman–Crippen MR) is 79.7 cm³/mol. The minimum absolute atomic E-state index is 0.0267. The molecule has 102 valence electrons.